The van der Waals surface area contributed by atoms with E-state index in [2.05, 4.69) is 140 Å². The van der Waals surface area contributed by atoms with Crippen LogP contribution in [0.15, 0.2) is 185 Å². The largest absolute Gasteiger partial charge is 0.456 e. The SMILES string of the molecule is c1ccc2cc3c(cc2c1)sc1cc2c4ccccc4c4ccccc4c2c(-c2nc(-c4ccc5c(c4)oc4ccccc45)nc(-c4ccc5c(c4)oc4ccccc45)n2)c13. The highest BCUT2D eigenvalue weighted by atomic mass is 32.1. The second-order valence-corrected chi connectivity index (χ2v) is 16.9. The summed E-state index contributed by atoms with van der Waals surface area (Å²) >= 11 is 1.83. The maximum atomic E-state index is 6.42. The average molecular weight is 796 g/mol. The minimum Gasteiger partial charge on any atom is -0.456 e. The molecule has 0 saturated heterocycles. The van der Waals surface area contributed by atoms with Crippen LogP contribution in [0.2, 0.25) is 0 Å². The number of para-hydroxylation sites is 2. The Kier molecular flexibility index (Phi) is 6.65. The van der Waals surface area contributed by atoms with Crippen molar-refractivity contribution in [1.29, 1.82) is 0 Å². The van der Waals surface area contributed by atoms with Gasteiger partial charge in [-0.3, -0.25) is 0 Å². The van der Waals surface area contributed by atoms with Gasteiger partial charge in [0.2, 0.25) is 0 Å². The van der Waals surface area contributed by atoms with Gasteiger partial charge in [0.15, 0.2) is 17.5 Å². The van der Waals surface area contributed by atoms with Crippen molar-refractivity contribution >= 4 is 118 Å². The first-order chi connectivity index (χ1) is 30.2. The van der Waals surface area contributed by atoms with Crippen LogP contribution in [0.25, 0.3) is 141 Å². The van der Waals surface area contributed by atoms with E-state index >= 15 is 0 Å². The first-order valence-electron chi connectivity index (χ1n) is 20.4. The van der Waals surface area contributed by atoms with E-state index in [1.54, 1.807) is 0 Å². The Hall–Kier alpha value is -7.93. The minimum atomic E-state index is 0.562. The molecule has 0 aliphatic rings. The summed E-state index contributed by atoms with van der Waals surface area (Å²) in [7, 11) is 0. The summed E-state index contributed by atoms with van der Waals surface area (Å²) in [6, 6.07) is 62.1. The summed E-state index contributed by atoms with van der Waals surface area (Å²) in [6.45, 7) is 0. The third-order valence-corrected chi connectivity index (χ3v) is 13.6. The van der Waals surface area contributed by atoms with Gasteiger partial charge in [0.05, 0.1) is 0 Å². The second-order valence-electron chi connectivity index (χ2n) is 15.9. The third-order valence-electron chi connectivity index (χ3n) is 12.5. The van der Waals surface area contributed by atoms with Crippen LogP contribution in [-0.2, 0) is 0 Å². The monoisotopic (exact) mass is 795 g/mol. The first kappa shape index (κ1) is 33.0. The minimum absolute atomic E-state index is 0.562. The smallest absolute Gasteiger partial charge is 0.165 e. The Morgan fingerprint density at radius 1 is 0.311 bits per heavy atom. The zero-order valence-corrected chi connectivity index (χ0v) is 33.1. The molecule has 6 heteroatoms. The zero-order valence-electron chi connectivity index (χ0n) is 32.3. The molecule has 10 aromatic carbocycles. The number of furan rings is 2. The average Bonchev–Trinajstić information content (AvgIpc) is 4.00. The maximum absolute atomic E-state index is 6.42. The molecule has 4 aromatic heterocycles. The number of rotatable bonds is 3. The van der Waals surface area contributed by atoms with E-state index < -0.39 is 0 Å². The van der Waals surface area contributed by atoms with Crippen molar-refractivity contribution in [3.05, 3.63) is 176 Å². The first-order valence-corrected chi connectivity index (χ1v) is 21.2. The van der Waals surface area contributed by atoms with Gasteiger partial charge in [-0.2, -0.15) is 0 Å². The molecule has 14 rings (SSSR count). The molecule has 0 amide bonds. The lowest BCUT2D eigenvalue weighted by molar-refractivity contribution is 0.668. The Bertz CT molecular complexity index is 4060. The number of hydrogen-bond donors (Lipinski definition) is 0. The topological polar surface area (TPSA) is 65.0 Å². The van der Waals surface area contributed by atoms with Crippen LogP contribution in [0.5, 0.6) is 0 Å². The molecule has 282 valence electrons. The molecule has 0 N–H and O–H groups in total. The molecule has 0 aliphatic heterocycles. The van der Waals surface area contributed by atoms with Crippen LogP contribution in [0.3, 0.4) is 0 Å². The Balaban J connectivity index is 1.14. The second kappa shape index (κ2) is 12.3. The van der Waals surface area contributed by atoms with Gasteiger partial charge in [-0.15, -0.1) is 11.3 Å². The number of aromatic nitrogens is 3. The van der Waals surface area contributed by atoms with Gasteiger partial charge in [-0.1, -0.05) is 121 Å². The maximum Gasteiger partial charge on any atom is 0.165 e. The van der Waals surface area contributed by atoms with Gasteiger partial charge < -0.3 is 8.83 Å². The van der Waals surface area contributed by atoms with Gasteiger partial charge in [0.1, 0.15) is 22.3 Å². The van der Waals surface area contributed by atoms with Crippen molar-refractivity contribution in [2.75, 3.05) is 0 Å². The van der Waals surface area contributed by atoms with Gasteiger partial charge in [-0.05, 0) is 92.3 Å². The molecule has 0 aliphatic carbocycles. The number of hydrogen-bond acceptors (Lipinski definition) is 6. The molecule has 0 saturated carbocycles. The van der Waals surface area contributed by atoms with Crippen molar-refractivity contribution in [2.24, 2.45) is 0 Å². The normalized spacial score (nSPS) is 12.3. The molecule has 0 atom stereocenters. The molecule has 0 radical (unpaired) electrons. The van der Waals surface area contributed by atoms with Crippen molar-refractivity contribution in [3.8, 4) is 34.2 Å². The van der Waals surface area contributed by atoms with E-state index in [0.717, 1.165) is 76.7 Å². The highest BCUT2D eigenvalue weighted by molar-refractivity contribution is 7.26. The van der Waals surface area contributed by atoms with Crippen molar-refractivity contribution in [1.82, 2.24) is 15.0 Å². The van der Waals surface area contributed by atoms with E-state index in [-0.39, 0.29) is 0 Å². The van der Waals surface area contributed by atoms with E-state index in [0.29, 0.717) is 17.5 Å². The van der Waals surface area contributed by atoms with E-state index in [4.69, 9.17) is 23.8 Å². The van der Waals surface area contributed by atoms with E-state index in [9.17, 15) is 0 Å². The molecule has 0 bridgehead atoms. The Morgan fingerprint density at radius 3 is 1.41 bits per heavy atom. The Labute approximate surface area is 350 Å². The number of fused-ring (bicyclic) bond motifs is 16. The van der Waals surface area contributed by atoms with Gasteiger partial charge in [-0.25, -0.2) is 15.0 Å². The molecule has 0 spiro atoms. The molecule has 0 unspecified atom stereocenters. The van der Waals surface area contributed by atoms with Crippen LogP contribution in [-0.4, -0.2) is 15.0 Å². The molecular weight excluding hydrogens is 767 g/mol. The molecule has 5 nitrogen and oxygen atoms in total. The summed E-state index contributed by atoms with van der Waals surface area (Å²) in [4.78, 5) is 16.3. The standard InChI is InChI=1S/C55H29N3O2S/c1-2-12-31-28-48-43(25-30(31)11-1)51-49(61-48)29-42-36-15-4-3-13-34(36)35-14-5-6-18-41(35)50(42)52(51)55-57-53(32-21-23-39-37-16-7-9-19-44(37)59-46(39)26-32)56-54(58-55)33-22-24-40-38-17-8-10-20-45(38)60-47(40)27-33/h1-29H. The summed E-state index contributed by atoms with van der Waals surface area (Å²) in [6.07, 6.45) is 0. The van der Waals surface area contributed by atoms with Gasteiger partial charge in [0.25, 0.3) is 0 Å². The fourth-order valence-electron chi connectivity index (χ4n) is 9.70. The molecule has 61 heavy (non-hydrogen) atoms. The van der Waals surface area contributed by atoms with E-state index in [1.807, 2.05) is 47.7 Å². The molecule has 4 heterocycles. The van der Waals surface area contributed by atoms with Crippen LogP contribution in [0.1, 0.15) is 0 Å². The highest BCUT2D eigenvalue weighted by Gasteiger charge is 2.24. The van der Waals surface area contributed by atoms with E-state index in [1.165, 1.54) is 47.1 Å². The predicted octanol–water partition coefficient (Wildman–Crippen LogP) is 15.7. The van der Waals surface area contributed by atoms with Crippen LogP contribution in [0.4, 0.5) is 0 Å². The summed E-state index contributed by atoms with van der Waals surface area (Å²) < 4.78 is 15.2. The van der Waals surface area contributed by atoms with Crippen LogP contribution in [0, 0.1) is 0 Å². The summed E-state index contributed by atoms with van der Waals surface area (Å²) in [5.74, 6) is 1.73. The molecule has 0 fully saturated rings. The number of benzene rings is 10. The number of nitrogens with zero attached hydrogens (tertiary/aromatic N) is 3. The van der Waals surface area contributed by atoms with Crippen molar-refractivity contribution in [2.45, 2.75) is 0 Å². The van der Waals surface area contributed by atoms with Crippen molar-refractivity contribution in [3.63, 3.8) is 0 Å². The van der Waals surface area contributed by atoms with Crippen LogP contribution < -0.4 is 0 Å². The fourth-order valence-corrected chi connectivity index (χ4v) is 10.9. The Morgan fingerprint density at radius 2 is 0.787 bits per heavy atom. The lowest BCUT2D eigenvalue weighted by Crippen LogP contribution is -2.01. The number of thiophene rings is 1. The fraction of sp³-hybridized carbons (Fsp3) is 0. The highest BCUT2D eigenvalue weighted by Crippen LogP contribution is 2.49. The van der Waals surface area contributed by atoms with Crippen molar-refractivity contribution < 1.29 is 8.83 Å². The predicted molar refractivity (Wildman–Crippen MR) is 254 cm³/mol. The lowest BCUT2D eigenvalue weighted by atomic mass is 9.89. The van der Waals surface area contributed by atoms with Crippen LogP contribution >= 0.6 is 11.3 Å². The summed E-state index contributed by atoms with van der Waals surface area (Å²) in [5.41, 5.74) is 5.94. The van der Waals surface area contributed by atoms with Gasteiger partial charge in [0, 0.05) is 63.8 Å². The van der Waals surface area contributed by atoms with Gasteiger partial charge >= 0.3 is 0 Å². The molecule has 14 aromatic rings. The summed E-state index contributed by atoms with van der Waals surface area (Å²) in [5, 5.41) is 16.1. The zero-order chi connectivity index (χ0) is 39.8. The quantitative estimate of drug-likeness (QED) is 0.167. The lowest BCUT2D eigenvalue weighted by Gasteiger charge is -2.16. The third kappa shape index (κ3) is 4.79. The molecular formula is C55H29N3O2S.